The Bertz CT molecular complexity index is 890. The minimum Gasteiger partial charge on any atom is -0.297 e. The van der Waals surface area contributed by atoms with Gasteiger partial charge in [0.1, 0.15) is 5.01 Å². The van der Waals surface area contributed by atoms with Gasteiger partial charge in [-0.15, -0.1) is 11.3 Å². The van der Waals surface area contributed by atoms with Crippen molar-refractivity contribution in [2.75, 3.05) is 0 Å². The third-order valence-electron chi connectivity index (χ3n) is 3.36. The molecule has 106 valence electrons. The Morgan fingerprint density at radius 3 is 2.73 bits per heavy atom. The molecule has 0 spiro atoms. The molecule has 4 heteroatoms. The largest absolute Gasteiger partial charge is 0.297 e. The zero-order valence-corrected chi connectivity index (χ0v) is 12.7. The van der Waals surface area contributed by atoms with Gasteiger partial charge < -0.3 is 0 Å². The third-order valence-corrected chi connectivity index (χ3v) is 4.33. The van der Waals surface area contributed by atoms with E-state index in [2.05, 4.69) is 17.1 Å². The van der Waals surface area contributed by atoms with E-state index in [0.29, 0.717) is 10.4 Å². The molecule has 0 saturated heterocycles. The molecule has 0 amide bonds. The lowest BCUT2D eigenvalue weighted by molar-refractivity contribution is 0.112. The van der Waals surface area contributed by atoms with Crippen LogP contribution in [0.5, 0.6) is 0 Å². The fourth-order valence-electron chi connectivity index (χ4n) is 2.31. The normalized spacial score (nSPS) is 10.2. The molecule has 0 aliphatic carbocycles. The highest BCUT2D eigenvalue weighted by atomic mass is 32.1. The summed E-state index contributed by atoms with van der Waals surface area (Å²) >= 11 is 1.32. The van der Waals surface area contributed by atoms with E-state index in [-0.39, 0.29) is 0 Å². The second-order valence-corrected chi connectivity index (χ2v) is 5.99. The number of carbonyl (C=O) groups excluding carboxylic acids is 1. The Labute approximate surface area is 132 Å². The number of carbonyl (C=O) groups is 1. The van der Waals surface area contributed by atoms with Crippen LogP contribution in [0, 0.1) is 18.3 Å². The topological polar surface area (TPSA) is 53.8 Å². The molecule has 0 atom stereocenters. The SMILES string of the molecule is Cc1cccc(-c2ccc(-c3ncc(C=O)s3)cc2C#N)c1. The maximum absolute atomic E-state index is 10.8. The van der Waals surface area contributed by atoms with Crippen molar-refractivity contribution >= 4 is 17.6 Å². The van der Waals surface area contributed by atoms with Crippen LogP contribution in [0.4, 0.5) is 0 Å². The first-order chi connectivity index (χ1) is 10.7. The zero-order valence-electron chi connectivity index (χ0n) is 11.9. The first-order valence-corrected chi connectivity index (χ1v) is 7.55. The fraction of sp³-hybridized carbons (Fsp3) is 0.0556. The van der Waals surface area contributed by atoms with Crippen molar-refractivity contribution in [3.63, 3.8) is 0 Å². The molecule has 0 bridgehead atoms. The van der Waals surface area contributed by atoms with Gasteiger partial charge in [-0.05, 0) is 24.1 Å². The predicted molar refractivity (Wildman–Crippen MR) is 87.8 cm³/mol. The van der Waals surface area contributed by atoms with E-state index in [9.17, 15) is 10.1 Å². The number of aromatic nitrogens is 1. The van der Waals surface area contributed by atoms with Gasteiger partial charge in [0.15, 0.2) is 6.29 Å². The van der Waals surface area contributed by atoms with Crippen LogP contribution < -0.4 is 0 Å². The van der Waals surface area contributed by atoms with Crippen LogP contribution in [0.2, 0.25) is 0 Å². The lowest BCUT2D eigenvalue weighted by Crippen LogP contribution is -1.87. The number of benzene rings is 2. The molecule has 0 fully saturated rings. The van der Waals surface area contributed by atoms with E-state index in [1.807, 2.05) is 43.3 Å². The van der Waals surface area contributed by atoms with Gasteiger partial charge in [0.25, 0.3) is 0 Å². The van der Waals surface area contributed by atoms with Gasteiger partial charge in [0.05, 0.1) is 16.5 Å². The van der Waals surface area contributed by atoms with Gasteiger partial charge in [-0.3, -0.25) is 4.79 Å². The summed E-state index contributed by atoms with van der Waals surface area (Å²) in [5, 5.41) is 10.2. The molecule has 0 aliphatic heterocycles. The summed E-state index contributed by atoms with van der Waals surface area (Å²) in [7, 11) is 0. The number of thiazole rings is 1. The summed E-state index contributed by atoms with van der Waals surface area (Å²) < 4.78 is 0. The summed E-state index contributed by atoms with van der Waals surface area (Å²) in [6.07, 6.45) is 2.33. The van der Waals surface area contributed by atoms with Crippen molar-refractivity contribution in [1.29, 1.82) is 5.26 Å². The van der Waals surface area contributed by atoms with Crippen LogP contribution >= 0.6 is 11.3 Å². The maximum atomic E-state index is 10.8. The van der Waals surface area contributed by atoms with Crippen LogP contribution in [0.25, 0.3) is 21.7 Å². The number of hydrogen-bond donors (Lipinski definition) is 0. The van der Waals surface area contributed by atoms with Gasteiger partial charge in [-0.25, -0.2) is 4.98 Å². The molecule has 0 N–H and O–H groups in total. The van der Waals surface area contributed by atoms with Crippen molar-refractivity contribution < 1.29 is 4.79 Å². The molecule has 2 aromatic carbocycles. The lowest BCUT2D eigenvalue weighted by atomic mass is 9.97. The molecule has 1 aromatic heterocycles. The first-order valence-electron chi connectivity index (χ1n) is 6.74. The number of nitriles is 1. The number of aldehydes is 1. The maximum Gasteiger partial charge on any atom is 0.161 e. The van der Waals surface area contributed by atoms with Crippen LogP contribution in [0.15, 0.2) is 48.7 Å². The second-order valence-electron chi connectivity index (χ2n) is 4.93. The van der Waals surface area contributed by atoms with E-state index in [1.54, 1.807) is 6.20 Å². The molecule has 0 radical (unpaired) electrons. The van der Waals surface area contributed by atoms with Gasteiger partial charge in [-0.1, -0.05) is 42.0 Å². The zero-order chi connectivity index (χ0) is 15.5. The minimum absolute atomic E-state index is 0.580. The van der Waals surface area contributed by atoms with E-state index in [4.69, 9.17) is 0 Å². The van der Waals surface area contributed by atoms with Crippen LogP contribution in [-0.2, 0) is 0 Å². The standard InChI is InChI=1S/C18H12N2OS/c1-12-3-2-4-13(7-12)17-6-5-14(8-15(17)9-19)18-20-10-16(11-21)22-18/h2-8,10-11H,1H3. The highest BCUT2D eigenvalue weighted by Crippen LogP contribution is 2.30. The molecule has 0 aliphatic rings. The fourth-order valence-corrected chi connectivity index (χ4v) is 3.04. The Hall–Kier alpha value is -2.77. The van der Waals surface area contributed by atoms with Crippen molar-refractivity contribution in [3.8, 4) is 27.8 Å². The van der Waals surface area contributed by atoms with Crippen LogP contribution in [0.3, 0.4) is 0 Å². The van der Waals surface area contributed by atoms with E-state index >= 15 is 0 Å². The molecule has 3 aromatic rings. The molecule has 1 heterocycles. The Kier molecular flexibility index (Phi) is 3.82. The van der Waals surface area contributed by atoms with Crippen LogP contribution in [0.1, 0.15) is 20.8 Å². The molecule has 0 unspecified atom stereocenters. The Morgan fingerprint density at radius 1 is 1.18 bits per heavy atom. The number of aryl methyl sites for hydroxylation is 1. The monoisotopic (exact) mass is 304 g/mol. The minimum atomic E-state index is 0.580. The van der Waals surface area contributed by atoms with Crippen molar-refractivity contribution in [2.45, 2.75) is 6.92 Å². The van der Waals surface area contributed by atoms with Gasteiger partial charge in [-0.2, -0.15) is 5.26 Å². The smallest absolute Gasteiger partial charge is 0.161 e. The van der Waals surface area contributed by atoms with Gasteiger partial charge >= 0.3 is 0 Å². The average molecular weight is 304 g/mol. The second kappa shape index (κ2) is 5.92. The van der Waals surface area contributed by atoms with Crippen LogP contribution in [-0.4, -0.2) is 11.3 Å². The quantitative estimate of drug-likeness (QED) is 0.671. The number of rotatable bonds is 3. The summed E-state index contributed by atoms with van der Waals surface area (Å²) in [6.45, 7) is 2.03. The summed E-state index contributed by atoms with van der Waals surface area (Å²) in [5.74, 6) is 0. The molecule has 22 heavy (non-hydrogen) atoms. The highest BCUT2D eigenvalue weighted by Gasteiger charge is 2.10. The van der Waals surface area contributed by atoms with E-state index < -0.39 is 0 Å². The summed E-state index contributed by atoms with van der Waals surface area (Å²) in [5.41, 5.74) is 4.54. The summed E-state index contributed by atoms with van der Waals surface area (Å²) in [6, 6.07) is 16.0. The predicted octanol–water partition coefficient (Wildman–Crippen LogP) is 4.47. The van der Waals surface area contributed by atoms with Crippen molar-refractivity contribution in [1.82, 2.24) is 4.98 Å². The average Bonchev–Trinajstić information content (AvgIpc) is 3.03. The molecular formula is C18H12N2OS. The number of nitrogens with zero attached hydrogens (tertiary/aromatic N) is 2. The third kappa shape index (κ3) is 2.67. The highest BCUT2D eigenvalue weighted by molar-refractivity contribution is 7.16. The number of hydrogen-bond acceptors (Lipinski definition) is 4. The van der Waals surface area contributed by atoms with E-state index in [1.165, 1.54) is 11.3 Å². The molecule has 3 nitrogen and oxygen atoms in total. The van der Waals surface area contributed by atoms with Crippen molar-refractivity contribution in [3.05, 3.63) is 64.7 Å². The van der Waals surface area contributed by atoms with Crippen molar-refractivity contribution in [2.24, 2.45) is 0 Å². The van der Waals surface area contributed by atoms with Gasteiger partial charge in [0, 0.05) is 11.8 Å². The summed E-state index contributed by atoms with van der Waals surface area (Å²) in [4.78, 5) is 15.6. The first kappa shape index (κ1) is 14.2. The molecule has 3 rings (SSSR count). The Balaban J connectivity index is 2.08. The van der Waals surface area contributed by atoms with E-state index in [0.717, 1.165) is 33.5 Å². The molecular weight excluding hydrogens is 292 g/mol. The lowest BCUT2D eigenvalue weighted by Gasteiger charge is -2.07. The Morgan fingerprint density at radius 2 is 2.05 bits per heavy atom. The molecule has 0 saturated carbocycles. The van der Waals surface area contributed by atoms with Gasteiger partial charge in [0.2, 0.25) is 0 Å².